The molecule has 33 heavy (non-hydrogen) atoms. The summed E-state index contributed by atoms with van der Waals surface area (Å²) in [5.74, 6) is -1.03. The zero-order valence-corrected chi connectivity index (χ0v) is 17.5. The van der Waals surface area contributed by atoms with Crippen molar-refractivity contribution in [2.24, 2.45) is 0 Å². The summed E-state index contributed by atoms with van der Waals surface area (Å²) in [4.78, 5) is 33.9. The van der Waals surface area contributed by atoms with E-state index in [9.17, 15) is 32.9 Å². The Hall–Kier alpha value is -3.83. The normalized spacial score (nSPS) is 14.1. The van der Waals surface area contributed by atoms with Crippen molar-refractivity contribution < 1.29 is 41.9 Å². The van der Waals surface area contributed by atoms with Crippen LogP contribution in [0.15, 0.2) is 36.4 Å². The van der Waals surface area contributed by atoms with E-state index >= 15 is 0 Å². The first kappa shape index (κ1) is 23.8. The molecule has 2 aromatic carbocycles. The van der Waals surface area contributed by atoms with Gasteiger partial charge in [-0.2, -0.15) is 13.2 Å². The number of rotatable bonds is 7. The van der Waals surface area contributed by atoms with Gasteiger partial charge in [-0.25, -0.2) is 4.79 Å². The molecule has 1 aliphatic heterocycles. The molecular formula is C21H19F3N2O7. The molecule has 12 heteroatoms. The lowest BCUT2D eigenvalue weighted by Gasteiger charge is -2.18. The number of alkyl halides is 3. The van der Waals surface area contributed by atoms with Crippen LogP contribution in [0.3, 0.4) is 0 Å². The number of anilines is 1. The van der Waals surface area contributed by atoms with Crippen LogP contribution in [-0.2, 0) is 26.9 Å². The number of esters is 1. The maximum Gasteiger partial charge on any atom is 0.416 e. The Labute approximate surface area is 185 Å². The van der Waals surface area contributed by atoms with Gasteiger partial charge in [-0.15, -0.1) is 0 Å². The zero-order valence-electron chi connectivity index (χ0n) is 17.5. The van der Waals surface area contributed by atoms with Crippen LogP contribution >= 0.6 is 0 Å². The highest BCUT2D eigenvalue weighted by molar-refractivity contribution is 5.95. The molecule has 0 spiro atoms. The number of para-hydroxylation sites is 1. The number of nitrogens with one attached hydrogen (secondary N) is 1. The summed E-state index contributed by atoms with van der Waals surface area (Å²) in [5.41, 5.74) is -2.15. The summed E-state index contributed by atoms with van der Waals surface area (Å²) in [5, 5.41) is 13.1. The van der Waals surface area contributed by atoms with E-state index in [0.29, 0.717) is 30.1 Å². The quantitative estimate of drug-likeness (QED) is 0.372. The standard InChI is InChI=1S/C21H19F3N2O7/c1-20(2)9-12-4-3-5-16(19(12)33-20)31-11-18(28)32-10-17(27)25-14-7-6-13(21(22,23)24)8-15(14)26(29)30/h3-8H,9-11H2,1-2H3,(H,25,27). The van der Waals surface area contributed by atoms with Crippen molar-refractivity contribution in [2.45, 2.75) is 32.0 Å². The number of fused-ring (bicyclic) bond motifs is 1. The van der Waals surface area contributed by atoms with Gasteiger partial charge < -0.3 is 19.5 Å². The molecule has 9 nitrogen and oxygen atoms in total. The minimum absolute atomic E-state index is 0.303. The highest BCUT2D eigenvalue weighted by Gasteiger charge is 2.34. The van der Waals surface area contributed by atoms with Crippen molar-refractivity contribution in [1.82, 2.24) is 0 Å². The molecule has 0 unspecified atom stereocenters. The van der Waals surface area contributed by atoms with E-state index in [1.807, 2.05) is 19.9 Å². The summed E-state index contributed by atoms with van der Waals surface area (Å²) >= 11 is 0. The van der Waals surface area contributed by atoms with Crippen molar-refractivity contribution >= 4 is 23.3 Å². The molecule has 0 atom stereocenters. The van der Waals surface area contributed by atoms with Gasteiger partial charge in [0.05, 0.1) is 10.5 Å². The third-order valence-corrected chi connectivity index (χ3v) is 4.56. The first-order chi connectivity index (χ1) is 15.4. The molecule has 176 valence electrons. The molecular weight excluding hydrogens is 449 g/mol. The molecule has 1 amide bonds. The Bertz CT molecular complexity index is 1100. The Morgan fingerprint density at radius 2 is 1.94 bits per heavy atom. The third kappa shape index (κ3) is 5.90. The number of nitro groups is 1. The van der Waals surface area contributed by atoms with Gasteiger partial charge in [0.2, 0.25) is 0 Å². The fraction of sp³-hybridized carbons (Fsp3) is 0.333. The van der Waals surface area contributed by atoms with E-state index in [0.717, 1.165) is 11.6 Å². The third-order valence-electron chi connectivity index (χ3n) is 4.56. The Morgan fingerprint density at radius 1 is 1.21 bits per heavy atom. The van der Waals surface area contributed by atoms with E-state index in [2.05, 4.69) is 5.32 Å². The van der Waals surface area contributed by atoms with Crippen molar-refractivity contribution in [3.63, 3.8) is 0 Å². The zero-order chi connectivity index (χ0) is 24.4. The molecule has 1 aliphatic rings. The molecule has 3 rings (SSSR count). The van der Waals surface area contributed by atoms with Gasteiger partial charge in [0.25, 0.3) is 11.6 Å². The number of nitro benzene ring substituents is 1. The number of halogens is 3. The van der Waals surface area contributed by atoms with Gasteiger partial charge in [-0.05, 0) is 32.0 Å². The van der Waals surface area contributed by atoms with Crippen molar-refractivity contribution in [3.05, 3.63) is 57.6 Å². The van der Waals surface area contributed by atoms with Gasteiger partial charge >= 0.3 is 12.1 Å². The molecule has 0 fully saturated rings. The van der Waals surface area contributed by atoms with Crippen LogP contribution < -0.4 is 14.8 Å². The summed E-state index contributed by atoms with van der Waals surface area (Å²) in [6, 6.07) is 6.88. The second-order valence-electron chi connectivity index (χ2n) is 7.77. The number of hydrogen-bond donors (Lipinski definition) is 1. The van der Waals surface area contributed by atoms with Crippen molar-refractivity contribution in [2.75, 3.05) is 18.5 Å². The fourth-order valence-corrected chi connectivity index (χ4v) is 3.18. The average molecular weight is 468 g/mol. The van der Waals surface area contributed by atoms with Crippen LogP contribution in [0.5, 0.6) is 11.5 Å². The maximum absolute atomic E-state index is 12.8. The minimum atomic E-state index is -4.79. The van der Waals surface area contributed by atoms with Crippen LogP contribution in [0.4, 0.5) is 24.5 Å². The number of hydrogen-bond acceptors (Lipinski definition) is 7. The second-order valence-corrected chi connectivity index (χ2v) is 7.77. The molecule has 1 N–H and O–H groups in total. The lowest BCUT2D eigenvalue weighted by atomic mass is 10.0. The Morgan fingerprint density at radius 3 is 2.61 bits per heavy atom. The summed E-state index contributed by atoms with van der Waals surface area (Å²) in [6.45, 7) is 2.46. The molecule has 0 radical (unpaired) electrons. The number of amides is 1. The molecule has 0 saturated carbocycles. The van der Waals surface area contributed by atoms with Gasteiger partial charge in [0, 0.05) is 18.1 Å². The Balaban J connectivity index is 1.55. The molecule has 0 aromatic heterocycles. The summed E-state index contributed by atoms with van der Waals surface area (Å²) < 4.78 is 54.3. The largest absolute Gasteiger partial charge is 0.483 e. The molecule has 1 heterocycles. The number of carbonyl (C=O) groups excluding carboxylic acids is 2. The molecule has 0 bridgehead atoms. The van der Waals surface area contributed by atoms with Crippen LogP contribution in [0.2, 0.25) is 0 Å². The van der Waals surface area contributed by atoms with Crippen LogP contribution in [-0.4, -0.2) is 35.6 Å². The van der Waals surface area contributed by atoms with E-state index in [1.54, 1.807) is 12.1 Å². The maximum atomic E-state index is 12.8. The predicted octanol–water partition coefficient (Wildman–Crippen LogP) is 3.89. The number of benzene rings is 2. The monoisotopic (exact) mass is 468 g/mol. The molecule has 0 saturated heterocycles. The topological polar surface area (TPSA) is 117 Å². The van der Waals surface area contributed by atoms with Crippen LogP contribution in [0, 0.1) is 10.1 Å². The van der Waals surface area contributed by atoms with E-state index in [4.69, 9.17) is 14.2 Å². The van der Waals surface area contributed by atoms with E-state index < -0.39 is 58.7 Å². The van der Waals surface area contributed by atoms with Gasteiger partial charge in [-0.1, -0.05) is 12.1 Å². The van der Waals surface area contributed by atoms with Crippen LogP contribution in [0.25, 0.3) is 0 Å². The number of ether oxygens (including phenoxy) is 3. The smallest absolute Gasteiger partial charge is 0.416 e. The highest BCUT2D eigenvalue weighted by atomic mass is 19.4. The van der Waals surface area contributed by atoms with Crippen LogP contribution in [0.1, 0.15) is 25.0 Å². The fourth-order valence-electron chi connectivity index (χ4n) is 3.18. The van der Waals surface area contributed by atoms with Gasteiger partial charge in [-0.3, -0.25) is 14.9 Å². The number of carbonyl (C=O) groups is 2. The first-order valence-corrected chi connectivity index (χ1v) is 9.60. The predicted molar refractivity (Wildman–Crippen MR) is 108 cm³/mol. The second kappa shape index (κ2) is 8.96. The first-order valence-electron chi connectivity index (χ1n) is 9.60. The van der Waals surface area contributed by atoms with Gasteiger partial charge in [0.1, 0.15) is 11.3 Å². The lowest BCUT2D eigenvalue weighted by molar-refractivity contribution is -0.384. The van der Waals surface area contributed by atoms with Gasteiger partial charge in [0.15, 0.2) is 24.7 Å². The highest BCUT2D eigenvalue weighted by Crippen LogP contribution is 2.41. The SMILES string of the molecule is CC1(C)Cc2cccc(OCC(=O)OCC(=O)Nc3ccc(C(F)(F)F)cc3[N+](=O)[O-])c2O1. The summed E-state index contributed by atoms with van der Waals surface area (Å²) in [6.07, 6.45) is -4.12. The lowest BCUT2D eigenvalue weighted by Crippen LogP contribution is -2.25. The Kier molecular flexibility index (Phi) is 6.47. The molecule has 0 aliphatic carbocycles. The van der Waals surface area contributed by atoms with Crippen molar-refractivity contribution in [1.29, 1.82) is 0 Å². The van der Waals surface area contributed by atoms with E-state index in [1.165, 1.54) is 0 Å². The molecule has 2 aromatic rings. The van der Waals surface area contributed by atoms with Crippen molar-refractivity contribution in [3.8, 4) is 11.5 Å². The number of nitrogens with zero attached hydrogens (tertiary/aromatic N) is 1. The average Bonchev–Trinajstić information content (AvgIpc) is 3.04. The minimum Gasteiger partial charge on any atom is -0.483 e. The van der Waals surface area contributed by atoms with E-state index in [-0.39, 0.29) is 0 Å². The summed E-state index contributed by atoms with van der Waals surface area (Å²) in [7, 11) is 0.